The van der Waals surface area contributed by atoms with E-state index in [0.29, 0.717) is 5.46 Å². The van der Waals surface area contributed by atoms with Crippen LogP contribution in [0.15, 0.2) is 10.5 Å². The third kappa shape index (κ3) is 2.63. The number of carbonyl (C=O) groups is 1. The Balaban J connectivity index is 2.53. The zero-order valence-electron chi connectivity index (χ0n) is 13.1. The fourth-order valence-electron chi connectivity index (χ4n) is 2.08. The Hall–Kier alpha value is -1.12. The molecule has 1 fully saturated rings. The highest BCUT2D eigenvalue weighted by molar-refractivity contribution is 9.10. The Morgan fingerprint density at radius 3 is 2.27 bits per heavy atom. The van der Waals surface area contributed by atoms with Crippen molar-refractivity contribution in [2.75, 3.05) is 12.8 Å². The molecule has 2 N–H and O–H groups in total. The highest BCUT2D eigenvalue weighted by atomic mass is 79.9. The van der Waals surface area contributed by atoms with E-state index in [1.165, 1.54) is 13.2 Å². The summed E-state index contributed by atoms with van der Waals surface area (Å²) in [5.41, 5.74) is 4.49. The first-order chi connectivity index (χ1) is 10.0. The highest BCUT2D eigenvalue weighted by Gasteiger charge is 2.52. The third-order valence-electron chi connectivity index (χ3n) is 4.19. The van der Waals surface area contributed by atoms with Crippen LogP contribution < -0.4 is 11.2 Å². The van der Waals surface area contributed by atoms with Crippen molar-refractivity contribution in [1.82, 2.24) is 0 Å². The number of nitrogen functional groups attached to an aromatic ring is 1. The summed E-state index contributed by atoms with van der Waals surface area (Å²) < 4.78 is 30.8. The molecule has 8 heteroatoms. The van der Waals surface area contributed by atoms with Gasteiger partial charge in [-0.2, -0.15) is 0 Å². The molecule has 0 aliphatic carbocycles. The van der Waals surface area contributed by atoms with E-state index in [1.54, 1.807) is 0 Å². The minimum absolute atomic E-state index is 0.0621. The van der Waals surface area contributed by atoms with Crippen molar-refractivity contribution in [1.29, 1.82) is 0 Å². The number of benzene rings is 1. The molecule has 5 nitrogen and oxygen atoms in total. The van der Waals surface area contributed by atoms with Gasteiger partial charge in [0.25, 0.3) is 0 Å². The lowest BCUT2D eigenvalue weighted by molar-refractivity contribution is 0.00578. The average molecular weight is 374 g/mol. The molecular formula is C14H18BBrFNO4. The molecule has 0 spiro atoms. The highest BCUT2D eigenvalue weighted by Crippen LogP contribution is 2.37. The van der Waals surface area contributed by atoms with Gasteiger partial charge in [0.15, 0.2) is 5.82 Å². The van der Waals surface area contributed by atoms with Crippen LogP contribution in [-0.4, -0.2) is 31.4 Å². The Bertz CT molecular complexity index is 620. The van der Waals surface area contributed by atoms with Crippen LogP contribution in [0.5, 0.6) is 0 Å². The quantitative estimate of drug-likeness (QED) is 0.489. The summed E-state index contributed by atoms with van der Waals surface area (Å²) in [4.78, 5) is 11.8. The zero-order valence-corrected chi connectivity index (χ0v) is 14.7. The molecule has 1 heterocycles. The fraction of sp³-hybridized carbons (Fsp3) is 0.500. The number of ether oxygens (including phenoxy) is 1. The van der Waals surface area contributed by atoms with Gasteiger partial charge in [0.2, 0.25) is 0 Å². The summed E-state index contributed by atoms with van der Waals surface area (Å²) in [5.74, 6) is -1.46. The molecule has 0 radical (unpaired) electrons. The van der Waals surface area contributed by atoms with Crippen molar-refractivity contribution in [3.8, 4) is 0 Å². The van der Waals surface area contributed by atoms with Gasteiger partial charge < -0.3 is 19.8 Å². The maximum atomic E-state index is 14.3. The van der Waals surface area contributed by atoms with E-state index in [4.69, 9.17) is 15.0 Å². The van der Waals surface area contributed by atoms with Crippen molar-refractivity contribution < 1.29 is 23.2 Å². The number of anilines is 1. The monoisotopic (exact) mass is 373 g/mol. The van der Waals surface area contributed by atoms with Crippen molar-refractivity contribution in [3.63, 3.8) is 0 Å². The van der Waals surface area contributed by atoms with Gasteiger partial charge in [-0.1, -0.05) is 0 Å². The maximum Gasteiger partial charge on any atom is 0.496 e. The topological polar surface area (TPSA) is 70.8 Å². The standard InChI is InChI=1S/C14H18BBrFNO4/c1-13(2)14(3,4)22-15(21-13)8-6-7(12(19)20-5)11(18)10(17)9(8)16/h6H,18H2,1-5H3. The smallest absolute Gasteiger partial charge is 0.465 e. The van der Waals surface area contributed by atoms with E-state index in [-0.39, 0.29) is 15.7 Å². The molecule has 0 amide bonds. The van der Waals surface area contributed by atoms with Crippen molar-refractivity contribution in [3.05, 3.63) is 21.9 Å². The van der Waals surface area contributed by atoms with E-state index in [1.807, 2.05) is 27.7 Å². The summed E-state index contributed by atoms with van der Waals surface area (Å²) in [5, 5.41) is 0. The number of hydrogen-bond acceptors (Lipinski definition) is 5. The number of hydrogen-bond donors (Lipinski definition) is 1. The lowest BCUT2D eigenvalue weighted by Gasteiger charge is -2.32. The Kier molecular flexibility index (Phi) is 4.32. The first-order valence-electron chi connectivity index (χ1n) is 6.73. The summed E-state index contributed by atoms with van der Waals surface area (Å²) in [6.07, 6.45) is 0. The molecule has 0 aromatic heterocycles. The number of nitrogens with two attached hydrogens (primary N) is 1. The largest absolute Gasteiger partial charge is 0.496 e. The molecule has 1 aliphatic heterocycles. The molecule has 22 heavy (non-hydrogen) atoms. The number of halogens is 2. The number of esters is 1. The molecule has 0 atom stereocenters. The fourth-order valence-corrected chi connectivity index (χ4v) is 2.60. The molecule has 0 unspecified atom stereocenters. The Morgan fingerprint density at radius 2 is 1.82 bits per heavy atom. The van der Waals surface area contributed by atoms with Crippen molar-refractivity contribution in [2.24, 2.45) is 0 Å². The first-order valence-corrected chi connectivity index (χ1v) is 7.52. The summed E-state index contributed by atoms with van der Waals surface area (Å²) in [7, 11) is 0.383. The summed E-state index contributed by atoms with van der Waals surface area (Å²) in [6, 6.07) is 1.43. The van der Waals surface area contributed by atoms with Gasteiger partial charge in [-0.25, -0.2) is 9.18 Å². The molecule has 0 bridgehead atoms. The van der Waals surface area contributed by atoms with Crippen molar-refractivity contribution >= 4 is 40.2 Å². The minimum atomic E-state index is -0.821. The van der Waals surface area contributed by atoms with Gasteiger partial charge in [0.05, 0.1) is 34.0 Å². The lowest BCUT2D eigenvalue weighted by atomic mass is 9.78. The van der Waals surface area contributed by atoms with E-state index < -0.39 is 30.1 Å². The molecule has 0 saturated carbocycles. The van der Waals surface area contributed by atoms with Gasteiger partial charge in [0, 0.05) is 5.46 Å². The molecule has 2 rings (SSSR count). The predicted octanol–water partition coefficient (Wildman–Crippen LogP) is 2.26. The summed E-state index contributed by atoms with van der Waals surface area (Å²) >= 11 is 3.15. The van der Waals surface area contributed by atoms with Crippen LogP contribution >= 0.6 is 15.9 Å². The third-order valence-corrected chi connectivity index (χ3v) is 4.99. The van der Waals surface area contributed by atoms with Crippen LogP contribution in [0.4, 0.5) is 10.1 Å². The van der Waals surface area contributed by atoms with E-state index >= 15 is 0 Å². The lowest BCUT2D eigenvalue weighted by Crippen LogP contribution is -2.41. The Labute approximate surface area is 137 Å². The normalized spacial score (nSPS) is 19.3. The summed E-state index contributed by atoms with van der Waals surface area (Å²) in [6.45, 7) is 7.54. The van der Waals surface area contributed by atoms with E-state index in [2.05, 4.69) is 20.7 Å². The maximum absolute atomic E-state index is 14.3. The number of rotatable bonds is 2. The van der Waals surface area contributed by atoms with Crippen LogP contribution in [0.3, 0.4) is 0 Å². The van der Waals surface area contributed by atoms with Crippen LogP contribution in [0.2, 0.25) is 0 Å². The van der Waals surface area contributed by atoms with Crippen LogP contribution in [0, 0.1) is 5.82 Å². The first kappa shape index (κ1) is 17.2. The average Bonchev–Trinajstić information content (AvgIpc) is 2.64. The molecule has 1 aromatic rings. The Morgan fingerprint density at radius 1 is 1.32 bits per heavy atom. The van der Waals surface area contributed by atoms with Gasteiger partial charge in [0.1, 0.15) is 0 Å². The van der Waals surface area contributed by atoms with Gasteiger partial charge in [-0.15, -0.1) is 0 Å². The molecule has 1 aliphatic rings. The molecule has 1 saturated heterocycles. The second-order valence-electron chi connectivity index (χ2n) is 6.13. The second-order valence-corrected chi connectivity index (χ2v) is 6.93. The van der Waals surface area contributed by atoms with Gasteiger partial charge in [-0.3, -0.25) is 0 Å². The number of carbonyl (C=O) groups excluding carboxylic acids is 1. The minimum Gasteiger partial charge on any atom is -0.465 e. The van der Waals surface area contributed by atoms with Crippen molar-refractivity contribution in [2.45, 2.75) is 38.9 Å². The zero-order chi connectivity index (χ0) is 16.9. The van der Waals surface area contributed by atoms with Crippen LogP contribution in [0.25, 0.3) is 0 Å². The van der Waals surface area contributed by atoms with Gasteiger partial charge in [-0.05, 0) is 49.7 Å². The molecule has 1 aromatic carbocycles. The number of methoxy groups -OCH3 is 1. The molecule has 120 valence electrons. The van der Waals surface area contributed by atoms with E-state index in [0.717, 1.165) is 0 Å². The second kappa shape index (κ2) is 5.51. The predicted molar refractivity (Wildman–Crippen MR) is 85.6 cm³/mol. The van der Waals surface area contributed by atoms with Gasteiger partial charge >= 0.3 is 13.1 Å². The van der Waals surface area contributed by atoms with E-state index in [9.17, 15) is 9.18 Å². The van der Waals surface area contributed by atoms with Crippen LogP contribution in [0.1, 0.15) is 38.1 Å². The SMILES string of the molecule is COC(=O)c1cc(B2OC(C)(C)C(C)(C)O2)c(Br)c(F)c1N. The van der Waals surface area contributed by atoms with Crippen LogP contribution in [-0.2, 0) is 14.0 Å². The molecular weight excluding hydrogens is 356 g/mol.